The van der Waals surface area contributed by atoms with Gasteiger partial charge < -0.3 is 10.1 Å². The number of thioether (sulfide) groups is 1. The topological polar surface area (TPSA) is 58.6 Å². The van der Waals surface area contributed by atoms with E-state index in [1.165, 1.54) is 11.8 Å². The molecule has 0 atom stereocenters. The number of hydrogen-bond acceptors (Lipinski definition) is 5. The number of amides is 2. The van der Waals surface area contributed by atoms with Crippen LogP contribution >= 0.6 is 24.0 Å². The summed E-state index contributed by atoms with van der Waals surface area (Å²) in [4.78, 5) is 27.0. The highest BCUT2D eigenvalue weighted by molar-refractivity contribution is 8.26. The molecule has 0 aromatic heterocycles. The van der Waals surface area contributed by atoms with Gasteiger partial charge in [0.15, 0.2) is 6.61 Å². The van der Waals surface area contributed by atoms with Crippen molar-refractivity contribution in [2.45, 2.75) is 33.7 Å². The third kappa shape index (κ3) is 5.09. The summed E-state index contributed by atoms with van der Waals surface area (Å²) in [5.74, 6) is 0.241. The summed E-state index contributed by atoms with van der Waals surface area (Å²) < 4.78 is 6.22. The van der Waals surface area contributed by atoms with Crippen LogP contribution in [0, 0.1) is 13.8 Å². The molecule has 2 aromatic carbocycles. The lowest BCUT2D eigenvalue weighted by molar-refractivity contribution is -0.123. The van der Waals surface area contributed by atoms with Gasteiger partial charge in [0, 0.05) is 11.7 Å². The third-order valence-electron chi connectivity index (χ3n) is 4.74. The smallest absolute Gasteiger partial charge is 0.266 e. The lowest BCUT2D eigenvalue weighted by atomic mass is 10.1. The number of nitrogens with zero attached hydrogens (tertiary/aromatic N) is 1. The van der Waals surface area contributed by atoms with E-state index in [0.29, 0.717) is 15.0 Å². The minimum atomic E-state index is -0.230. The highest BCUT2D eigenvalue weighted by atomic mass is 32.2. The highest BCUT2D eigenvalue weighted by Gasteiger charge is 2.33. The summed E-state index contributed by atoms with van der Waals surface area (Å²) >= 11 is 6.61. The summed E-state index contributed by atoms with van der Waals surface area (Å²) in [7, 11) is 0. The monoisotopic (exact) mass is 440 g/mol. The molecular formula is C23H24N2O3S2. The number of aryl methyl sites for hydroxylation is 1. The molecule has 1 heterocycles. The molecule has 0 aliphatic carbocycles. The first-order valence-electron chi connectivity index (χ1n) is 9.62. The van der Waals surface area contributed by atoms with Crippen LogP contribution in [-0.2, 0) is 9.59 Å². The van der Waals surface area contributed by atoms with Gasteiger partial charge in [-0.15, -0.1) is 0 Å². The molecule has 0 unspecified atom stereocenters. The predicted molar refractivity (Wildman–Crippen MR) is 127 cm³/mol. The zero-order chi connectivity index (χ0) is 21.8. The summed E-state index contributed by atoms with van der Waals surface area (Å²) in [6.07, 6.45) is 1.80. The highest BCUT2D eigenvalue weighted by Crippen LogP contribution is 2.34. The molecule has 30 heavy (non-hydrogen) atoms. The minimum absolute atomic E-state index is 0.0219. The number of benzene rings is 2. The van der Waals surface area contributed by atoms with Gasteiger partial charge in [0.05, 0.1) is 4.91 Å². The average Bonchev–Trinajstić information content (AvgIpc) is 2.97. The van der Waals surface area contributed by atoms with Crippen molar-refractivity contribution in [1.29, 1.82) is 0 Å². The number of carbonyl (C=O) groups is 2. The molecule has 156 valence electrons. The molecule has 1 aliphatic rings. The van der Waals surface area contributed by atoms with E-state index >= 15 is 0 Å². The van der Waals surface area contributed by atoms with Gasteiger partial charge in [-0.2, -0.15) is 0 Å². The molecule has 1 fully saturated rings. The first-order chi connectivity index (χ1) is 14.3. The maximum Gasteiger partial charge on any atom is 0.266 e. The molecule has 2 amide bonds. The fraction of sp³-hybridized carbons (Fsp3) is 0.261. The minimum Gasteiger partial charge on any atom is -0.484 e. The Morgan fingerprint density at radius 3 is 2.67 bits per heavy atom. The number of hydrogen-bond donors (Lipinski definition) is 1. The zero-order valence-corrected chi connectivity index (χ0v) is 19.0. The van der Waals surface area contributed by atoms with Crippen molar-refractivity contribution in [3.05, 3.63) is 64.1 Å². The zero-order valence-electron chi connectivity index (χ0n) is 17.4. The van der Waals surface area contributed by atoms with Gasteiger partial charge in [-0.25, -0.2) is 0 Å². The van der Waals surface area contributed by atoms with Gasteiger partial charge in [-0.05, 0) is 68.7 Å². The molecular weight excluding hydrogens is 416 g/mol. The maximum atomic E-state index is 12.6. The van der Waals surface area contributed by atoms with E-state index in [9.17, 15) is 9.59 Å². The Kier molecular flexibility index (Phi) is 6.95. The Morgan fingerprint density at radius 2 is 1.97 bits per heavy atom. The van der Waals surface area contributed by atoms with Crippen LogP contribution in [0.4, 0.5) is 5.69 Å². The van der Waals surface area contributed by atoms with Crippen molar-refractivity contribution < 1.29 is 14.3 Å². The Bertz CT molecular complexity index is 1030. The molecule has 0 saturated carbocycles. The summed E-state index contributed by atoms with van der Waals surface area (Å²) in [6, 6.07) is 13.1. The number of rotatable bonds is 6. The molecule has 0 bridgehead atoms. The lowest BCUT2D eigenvalue weighted by Gasteiger charge is -2.18. The van der Waals surface area contributed by atoms with Crippen LogP contribution in [0.1, 0.15) is 30.5 Å². The standard InChI is InChI=1S/C23H24N2O3S2/c1-14(2)25-22(27)20(30-23(25)29)12-17-8-6-9-18(11-17)28-13-21(26)24-19-10-5-7-15(3)16(19)4/h5-12,14H,13H2,1-4H3,(H,24,26)/b20-12-. The molecule has 5 nitrogen and oxygen atoms in total. The van der Waals surface area contributed by atoms with Crippen LogP contribution in [-0.4, -0.2) is 33.7 Å². The fourth-order valence-electron chi connectivity index (χ4n) is 2.99. The second-order valence-corrected chi connectivity index (χ2v) is 8.98. The molecule has 3 rings (SSSR count). The van der Waals surface area contributed by atoms with E-state index in [1.807, 2.05) is 58.0 Å². The second kappa shape index (κ2) is 9.45. The Balaban J connectivity index is 1.65. The summed E-state index contributed by atoms with van der Waals surface area (Å²) in [5, 5.41) is 2.88. The SMILES string of the molecule is Cc1cccc(NC(=O)COc2cccc(/C=C3\SC(=S)N(C(C)C)C3=O)c2)c1C. The van der Waals surface area contributed by atoms with E-state index in [4.69, 9.17) is 17.0 Å². The molecule has 1 N–H and O–H groups in total. The lowest BCUT2D eigenvalue weighted by Crippen LogP contribution is -2.34. The van der Waals surface area contributed by atoms with Gasteiger partial charge in [0.2, 0.25) is 0 Å². The largest absolute Gasteiger partial charge is 0.484 e. The quantitative estimate of drug-likeness (QED) is 0.510. The van der Waals surface area contributed by atoms with Crippen LogP contribution in [0.25, 0.3) is 6.08 Å². The van der Waals surface area contributed by atoms with E-state index in [-0.39, 0.29) is 24.5 Å². The van der Waals surface area contributed by atoms with Crippen LogP contribution in [0.2, 0.25) is 0 Å². The molecule has 2 aromatic rings. The Hall–Kier alpha value is -2.64. The number of ether oxygens (including phenoxy) is 1. The van der Waals surface area contributed by atoms with Gasteiger partial charge >= 0.3 is 0 Å². The molecule has 0 radical (unpaired) electrons. The van der Waals surface area contributed by atoms with Gasteiger partial charge in [-0.3, -0.25) is 14.5 Å². The van der Waals surface area contributed by atoms with Crippen molar-refractivity contribution in [2.75, 3.05) is 11.9 Å². The third-order valence-corrected chi connectivity index (χ3v) is 6.07. The van der Waals surface area contributed by atoms with Gasteiger partial charge in [0.25, 0.3) is 11.8 Å². The molecule has 1 saturated heterocycles. The van der Waals surface area contributed by atoms with Crippen molar-refractivity contribution in [2.24, 2.45) is 0 Å². The van der Waals surface area contributed by atoms with Crippen molar-refractivity contribution in [1.82, 2.24) is 4.90 Å². The number of anilines is 1. The van der Waals surface area contributed by atoms with Crippen molar-refractivity contribution >= 4 is 51.9 Å². The van der Waals surface area contributed by atoms with E-state index < -0.39 is 0 Å². The molecule has 1 aliphatic heterocycles. The average molecular weight is 441 g/mol. The van der Waals surface area contributed by atoms with Crippen LogP contribution in [0.5, 0.6) is 5.75 Å². The van der Waals surface area contributed by atoms with Crippen LogP contribution < -0.4 is 10.1 Å². The van der Waals surface area contributed by atoms with Crippen LogP contribution in [0.15, 0.2) is 47.4 Å². The van der Waals surface area contributed by atoms with Gasteiger partial charge in [-0.1, -0.05) is 48.2 Å². The van der Waals surface area contributed by atoms with E-state index in [2.05, 4.69) is 5.32 Å². The summed E-state index contributed by atoms with van der Waals surface area (Å²) in [5.41, 5.74) is 3.74. The number of carbonyl (C=O) groups excluding carboxylic acids is 2. The molecule has 0 spiro atoms. The summed E-state index contributed by atoms with van der Waals surface area (Å²) in [6.45, 7) is 7.74. The predicted octanol–water partition coefficient (Wildman–Crippen LogP) is 4.93. The molecule has 7 heteroatoms. The van der Waals surface area contributed by atoms with E-state index in [1.54, 1.807) is 23.1 Å². The Morgan fingerprint density at radius 1 is 1.23 bits per heavy atom. The fourth-order valence-corrected chi connectivity index (χ4v) is 4.52. The first kappa shape index (κ1) is 22.1. The second-order valence-electron chi connectivity index (χ2n) is 7.30. The Labute approximate surface area is 186 Å². The van der Waals surface area contributed by atoms with Crippen molar-refractivity contribution in [3.63, 3.8) is 0 Å². The van der Waals surface area contributed by atoms with Crippen LogP contribution in [0.3, 0.4) is 0 Å². The normalized spacial score (nSPS) is 15.2. The number of nitrogens with one attached hydrogen (secondary N) is 1. The van der Waals surface area contributed by atoms with Gasteiger partial charge in [0.1, 0.15) is 10.1 Å². The maximum absolute atomic E-state index is 12.6. The van der Waals surface area contributed by atoms with Crippen molar-refractivity contribution in [3.8, 4) is 5.75 Å². The van der Waals surface area contributed by atoms with E-state index in [0.717, 1.165) is 22.4 Å². The number of thiocarbonyl (C=S) groups is 1. The first-order valence-corrected chi connectivity index (χ1v) is 10.8.